The first-order chi connectivity index (χ1) is 9.66. The lowest BCUT2D eigenvalue weighted by Gasteiger charge is -2.22. The van der Waals surface area contributed by atoms with Gasteiger partial charge >= 0.3 is 0 Å². The van der Waals surface area contributed by atoms with Crippen LogP contribution in [0.1, 0.15) is 35.7 Å². The van der Waals surface area contributed by atoms with Crippen LogP contribution in [0.15, 0.2) is 10.3 Å². The van der Waals surface area contributed by atoms with Gasteiger partial charge in [-0.15, -0.1) is 11.3 Å². The van der Waals surface area contributed by atoms with Gasteiger partial charge in [0.1, 0.15) is 0 Å². The fraction of sp³-hybridized carbons (Fsp3) is 0.500. The van der Waals surface area contributed by atoms with Gasteiger partial charge in [-0.05, 0) is 26.7 Å². The summed E-state index contributed by atoms with van der Waals surface area (Å²) in [5, 5.41) is 0. The van der Waals surface area contributed by atoms with E-state index in [2.05, 4.69) is 9.97 Å². The Kier molecular flexibility index (Phi) is 3.67. The first-order valence-corrected chi connectivity index (χ1v) is 7.64. The predicted octanol–water partition coefficient (Wildman–Crippen LogP) is 2.40. The molecule has 1 aliphatic rings. The number of H-pyrrole nitrogens is 1. The molecule has 0 atom stereocenters. The molecule has 1 N–H and O–H groups in total. The van der Waals surface area contributed by atoms with Crippen LogP contribution in [0.3, 0.4) is 0 Å². The van der Waals surface area contributed by atoms with Crippen LogP contribution in [0.2, 0.25) is 0 Å². The normalized spacial score (nSPS) is 16.5. The molecule has 3 rings (SSSR count). The van der Waals surface area contributed by atoms with E-state index < -0.39 is 0 Å². The van der Waals surface area contributed by atoms with Crippen LogP contribution < -0.4 is 5.56 Å². The van der Waals surface area contributed by atoms with Crippen molar-refractivity contribution >= 4 is 11.3 Å². The molecule has 5 nitrogen and oxygen atoms in total. The molecule has 6 heteroatoms. The van der Waals surface area contributed by atoms with Crippen molar-refractivity contribution in [2.45, 2.75) is 32.6 Å². The summed E-state index contributed by atoms with van der Waals surface area (Å²) in [6.07, 6.45) is 1.86. The molecule has 3 heterocycles. The first-order valence-electron chi connectivity index (χ1n) is 6.76. The lowest BCUT2D eigenvalue weighted by molar-refractivity contribution is 0.0843. The zero-order valence-electron chi connectivity index (χ0n) is 11.6. The number of aromatic nitrogens is 3. The van der Waals surface area contributed by atoms with E-state index in [1.54, 1.807) is 5.51 Å². The highest BCUT2D eigenvalue weighted by atomic mass is 32.1. The number of aromatic amines is 1. The van der Waals surface area contributed by atoms with E-state index in [1.165, 1.54) is 11.3 Å². The summed E-state index contributed by atoms with van der Waals surface area (Å²) in [6, 6.07) is 0. The molecule has 0 radical (unpaired) electrons. The average molecular weight is 291 g/mol. The van der Waals surface area contributed by atoms with Gasteiger partial charge in [-0.1, -0.05) is 0 Å². The van der Waals surface area contributed by atoms with Crippen LogP contribution in [0.4, 0.5) is 0 Å². The molecular weight excluding hydrogens is 274 g/mol. The van der Waals surface area contributed by atoms with E-state index in [4.69, 9.17) is 9.72 Å². The molecule has 20 heavy (non-hydrogen) atoms. The minimum absolute atomic E-state index is 0.0516. The van der Waals surface area contributed by atoms with Crippen LogP contribution in [0, 0.1) is 13.8 Å². The molecule has 0 spiro atoms. The van der Waals surface area contributed by atoms with Crippen LogP contribution in [0.5, 0.6) is 0 Å². The second kappa shape index (κ2) is 5.46. The minimum atomic E-state index is -0.0516. The fourth-order valence-electron chi connectivity index (χ4n) is 2.56. The summed E-state index contributed by atoms with van der Waals surface area (Å²) in [6.45, 7) is 5.26. The molecule has 106 valence electrons. The van der Waals surface area contributed by atoms with Crippen molar-refractivity contribution in [3.8, 4) is 10.7 Å². The smallest absolute Gasteiger partial charge is 0.254 e. The van der Waals surface area contributed by atoms with E-state index in [-0.39, 0.29) is 5.56 Å². The molecule has 0 saturated carbocycles. The lowest BCUT2D eigenvalue weighted by atomic mass is 9.93. The van der Waals surface area contributed by atoms with Gasteiger partial charge in [-0.25, -0.2) is 9.97 Å². The lowest BCUT2D eigenvalue weighted by Crippen LogP contribution is -2.22. The van der Waals surface area contributed by atoms with Crippen LogP contribution >= 0.6 is 11.3 Å². The average Bonchev–Trinajstić information content (AvgIpc) is 2.89. The van der Waals surface area contributed by atoms with E-state index in [0.29, 0.717) is 11.7 Å². The van der Waals surface area contributed by atoms with Crippen molar-refractivity contribution in [2.75, 3.05) is 13.2 Å². The van der Waals surface area contributed by atoms with Crippen LogP contribution in [0.25, 0.3) is 10.7 Å². The van der Waals surface area contributed by atoms with Crippen LogP contribution in [-0.4, -0.2) is 28.2 Å². The standard InChI is InChI=1S/C14H17N3O2S/c1-8-11(10-3-5-19-6-4-10)16-13(17-14(8)18)12-9(2)15-7-20-12/h7,10H,3-6H2,1-2H3,(H,16,17,18). The topological polar surface area (TPSA) is 67.9 Å². The van der Waals surface area contributed by atoms with E-state index in [1.807, 2.05) is 13.8 Å². The monoisotopic (exact) mass is 291 g/mol. The number of nitrogens with zero attached hydrogens (tertiary/aromatic N) is 2. The van der Waals surface area contributed by atoms with Crippen molar-refractivity contribution < 1.29 is 4.74 Å². The highest BCUT2D eigenvalue weighted by Crippen LogP contribution is 2.29. The quantitative estimate of drug-likeness (QED) is 0.922. The SMILES string of the molecule is Cc1ncsc1-c1nc(C2CCOCC2)c(C)c(=O)[nH]1. The third-order valence-electron chi connectivity index (χ3n) is 3.76. The van der Waals surface area contributed by atoms with E-state index in [0.717, 1.165) is 47.9 Å². The molecule has 1 fully saturated rings. The van der Waals surface area contributed by atoms with E-state index in [9.17, 15) is 4.79 Å². The van der Waals surface area contributed by atoms with Crippen molar-refractivity contribution in [3.05, 3.63) is 32.8 Å². The maximum Gasteiger partial charge on any atom is 0.254 e. The number of hydrogen-bond acceptors (Lipinski definition) is 5. The highest BCUT2D eigenvalue weighted by Gasteiger charge is 2.22. The second-order valence-electron chi connectivity index (χ2n) is 5.08. The summed E-state index contributed by atoms with van der Waals surface area (Å²) in [7, 11) is 0. The summed E-state index contributed by atoms with van der Waals surface area (Å²) in [4.78, 5) is 24.9. The van der Waals surface area contributed by atoms with Crippen molar-refractivity contribution in [2.24, 2.45) is 0 Å². The highest BCUT2D eigenvalue weighted by molar-refractivity contribution is 7.13. The molecule has 0 unspecified atom stereocenters. The summed E-state index contributed by atoms with van der Waals surface area (Å²) < 4.78 is 5.39. The van der Waals surface area contributed by atoms with Gasteiger partial charge < -0.3 is 9.72 Å². The Morgan fingerprint density at radius 3 is 2.75 bits per heavy atom. The third kappa shape index (κ3) is 2.41. The maximum atomic E-state index is 12.2. The fourth-order valence-corrected chi connectivity index (χ4v) is 3.30. The Morgan fingerprint density at radius 2 is 2.10 bits per heavy atom. The maximum absolute atomic E-state index is 12.2. The molecule has 2 aromatic heterocycles. The predicted molar refractivity (Wildman–Crippen MR) is 78.2 cm³/mol. The number of nitrogens with one attached hydrogen (secondary N) is 1. The van der Waals surface area contributed by atoms with Crippen molar-refractivity contribution in [3.63, 3.8) is 0 Å². The Labute approximate surface area is 121 Å². The van der Waals surface area contributed by atoms with Gasteiger partial charge in [-0.3, -0.25) is 4.79 Å². The number of aryl methyl sites for hydroxylation is 1. The third-order valence-corrected chi connectivity index (χ3v) is 4.69. The van der Waals surface area contributed by atoms with Gasteiger partial charge in [0.05, 0.1) is 21.8 Å². The van der Waals surface area contributed by atoms with Crippen LogP contribution in [-0.2, 0) is 4.74 Å². The molecule has 1 aliphatic heterocycles. The summed E-state index contributed by atoms with van der Waals surface area (Å²) >= 11 is 1.50. The second-order valence-corrected chi connectivity index (χ2v) is 5.93. The Bertz CT molecular complexity index is 671. The van der Waals surface area contributed by atoms with Crippen molar-refractivity contribution in [1.82, 2.24) is 15.0 Å². The molecule has 0 aromatic carbocycles. The molecule has 0 bridgehead atoms. The first kappa shape index (κ1) is 13.5. The van der Waals surface area contributed by atoms with Gasteiger partial charge in [0.2, 0.25) is 0 Å². The minimum Gasteiger partial charge on any atom is -0.381 e. The Balaban J connectivity index is 2.08. The molecular formula is C14H17N3O2S. The zero-order valence-corrected chi connectivity index (χ0v) is 12.4. The number of ether oxygens (including phenoxy) is 1. The summed E-state index contributed by atoms with van der Waals surface area (Å²) in [5.41, 5.74) is 4.27. The van der Waals surface area contributed by atoms with E-state index >= 15 is 0 Å². The zero-order chi connectivity index (χ0) is 14.1. The molecule has 0 aliphatic carbocycles. The number of thiazole rings is 1. The van der Waals surface area contributed by atoms with Gasteiger partial charge in [0.25, 0.3) is 5.56 Å². The number of rotatable bonds is 2. The Morgan fingerprint density at radius 1 is 1.35 bits per heavy atom. The molecule has 0 amide bonds. The summed E-state index contributed by atoms with van der Waals surface area (Å²) in [5.74, 6) is 0.958. The molecule has 2 aromatic rings. The van der Waals surface area contributed by atoms with Gasteiger partial charge in [-0.2, -0.15) is 0 Å². The number of hydrogen-bond donors (Lipinski definition) is 1. The van der Waals surface area contributed by atoms with Gasteiger partial charge in [0.15, 0.2) is 5.82 Å². The molecule has 1 saturated heterocycles. The van der Waals surface area contributed by atoms with Gasteiger partial charge in [0, 0.05) is 24.7 Å². The Hall–Kier alpha value is -1.53. The largest absolute Gasteiger partial charge is 0.381 e. The van der Waals surface area contributed by atoms with Crippen molar-refractivity contribution in [1.29, 1.82) is 0 Å².